The molecule has 0 aromatic heterocycles. The van der Waals surface area contributed by atoms with Gasteiger partial charge in [-0.25, -0.2) is 0 Å². The van der Waals surface area contributed by atoms with Gasteiger partial charge >= 0.3 is 0 Å². The summed E-state index contributed by atoms with van der Waals surface area (Å²) in [4.78, 5) is 0. The molecule has 2 heterocycles. The van der Waals surface area contributed by atoms with Crippen molar-refractivity contribution in [2.45, 2.75) is 42.9 Å². The Morgan fingerprint density at radius 1 is 1.17 bits per heavy atom. The zero-order valence-electron chi connectivity index (χ0n) is 6.51. The Balaban J connectivity index is 2.24. The predicted molar refractivity (Wildman–Crippen MR) is 39.1 cm³/mol. The van der Waals surface area contributed by atoms with Gasteiger partial charge in [0, 0.05) is 12.5 Å². The Hall–Kier alpha value is -0.200. The molecular weight excluding hydrogens is 162 g/mol. The van der Waals surface area contributed by atoms with Crippen molar-refractivity contribution >= 4 is 0 Å². The van der Waals surface area contributed by atoms with E-state index in [1.54, 1.807) is 0 Å². The fourth-order valence-corrected chi connectivity index (χ4v) is 2.07. The number of aliphatic hydroxyl groups is 4. The van der Waals surface area contributed by atoms with Crippen LogP contribution in [0.25, 0.3) is 0 Å². The van der Waals surface area contributed by atoms with E-state index < -0.39 is 24.0 Å². The summed E-state index contributed by atoms with van der Waals surface area (Å²) in [7, 11) is 0. The quantitative estimate of drug-likeness (QED) is 0.281. The molecule has 0 radical (unpaired) electrons. The topological polar surface area (TPSA) is 93.0 Å². The summed E-state index contributed by atoms with van der Waals surface area (Å²) in [5.41, 5.74) is -1.50. The lowest BCUT2D eigenvalue weighted by atomic mass is 9.96. The molecular formula is C7H13NO4. The Kier molecular flexibility index (Phi) is 1.68. The monoisotopic (exact) mass is 175 g/mol. The van der Waals surface area contributed by atoms with Gasteiger partial charge in [0.25, 0.3) is 0 Å². The number of nitrogens with one attached hydrogen (secondary N) is 1. The van der Waals surface area contributed by atoms with Crippen LogP contribution in [-0.4, -0.2) is 50.5 Å². The minimum atomic E-state index is -1.50. The molecule has 0 aromatic carbocycles. The minimum absolute atomic E-state index is 0.0793. The molecule has 0 unspecified atom stereocenters. The van der Waals surface area contributed by atoms with Crippen LogP contribution in [0.1, 0.15) is 12.8 Å². The molecule has 2 rings (SSSR count). The van der Waals surface area contributed by atoms with E-state index in [1.165, 1.54) is 0 Å². The fraction of sp³-hybridized carbons (Fsp3) is 1.00. The average molecular weight is 175 g/mol. The summed E-state index contributed by atoms with van der Waals surface area (Å²) >= 11 is 0. The first-order valence-corrected chi connectivity index (χ1v) is 4.07. The van der Waals surface area contributed by atoms with Crippen molar-refractivity contribution in [3.05, 3.63) is 0 Å². The molecule has 2 aliphatic rings. The molecule has 5 atom stereocenters. The molecule has 0 amide bonds. The molecule has 5 heteroatoms. The molecule has 0 aromatic rings. The summed E-state index contributed by atoms with van der Waals surface area (Å²) < 4.78 is 0. The Morgan fingerprint density at radius 2 is 1.83 bits per heavy atom. The van der Waals surface area contributed by atoms with Gasteiger partial charge in [0.1, 0.15) is 11.8 Å². The third-order valence-corrected chi connectivity index (χ3v) is 2.77. The van der Waals surface area contributed by atoms with E-state index in [-0.39, 0.29) is 18.9 Å². The van der Waals surface area contributed by atoms with Gasteiger partial charge in [-0.3, -0.25) is 5.32 Å². The van der Waals surface area contributed by atoms with Gasteiger partial charge in [-0.05, 0) is 6.42 Å². The maximum Gasteiger partial charge on any atom is 0.147 e. The first-order chi connectivity index (χ1) is 5.53. The highest BCUT2D eigenvalue weighted by Crippen LogP contribution is 2.34. The predicted octanol–water partition coefficient (Wildman–Crippen LogP) is -2.48. The maximum atomic E-state index is 9.65. The SMILES string of the molecule is O[C@@H]1C[C@]2(O)N[C@H]1C[C@@H](O)[C@@H]2O. The van der Waals surface area contributed by atoms with Crippen molar-refractivity contribution in [1.82, 2.24) is 5.32 Å². The largest absolute Gasteiger partial charge is 0.391 e. The van der Waals surface area contributed by atoms with E-state index in [0.29, 0.717) is 0 Å². The molecule has 70 valence electrons. The molecule has 0 aliphatic carbocycles. The summed E-state index contributed by atoms with van der Waals surface area (Å²) in [5, 5.41) is 40.3. The second-order valence-electron chi connectivity index (χ2n) is 3.69. The van der Waals surface area contributed by atoms with Crippen LogP contribution in [0.3, 0.4) is 0 Å². The third kappa shape index (κ3) is 0.982. The molecule has 2 saturated heterocycles. The summed E-state index contributed by atoms with van der Waals surface area (Å²) in [6.07, 6.45) is -2.47. The third-order valence-electron chi connectivity index (χ3n) is 2.77. The van der Waals surface area contributed by atoms with Gasteiger partial charge in [-0.1, -0.05) is 0 Å². The van der Waals surface area contributed by atoms with Gasteiger partial charge < -0.3 is 20.4 Å². The van der Waals surface area contributed by atoms with Crippen molar-refractivity contribution in [1.29, 1.82) is 0 Å². The van der Waals surface area contributed by atoms with Crippen LogP contribution in [0.2, 0.25) is 0 Å². The summed E-state index contributed by atoms with van der Waals surface area (Å²) in [5.74, 6) is 0. The zero-order valence-corrected chi connectivity index (χ0v) is 6.51. The second kappa shape index (κ2) is 2.40. The van der Waals surface area contributed by atoms with Crippen LogP contribution < -0.4 is 5.32 Å². The lowest BCUT2D eigenvalue weighted by molar-refractivity contribution is -0.153. The van der Waals surface area contributed by atoms with Crippen LogP contribution in [0.5, 0.6) is 0 Å². The van der Waals surface area contributed by atoms with Gasteiger partial charge in [0.05, 0.1) is 12.2 Å². The molecule has 2 bridgehead atoms. The van der Waals surface area contributed by atoms with E-state index >= 15 is 0 Å². The number of aliphatic hydroxyl groups excluding tert-OH is 3. The lowest BCUT2D eigenvalue weighted by Gasteiger charge is -2.37. The Labute approximate surface area is 69.6 Å². The van der Waals surface area contributed by atoms with Crippen molar-refractivity contribution < 1.29 is 20.4 Å². The maximum absolute atomic E-state index is 9.65. The van der Waals surface area contributed by atoms with Crippen molar-refractivity contribution in [2.24, 2.45) is 0 Å². The highest BCUT2D eigenvalue weighted by atomic mass is 16.4. The van der Waals surface area contributed by atoms with Crippen molar-refractivity contribution in [3.8, 4) is 0 Å². The summed E-state index contributed by atoms with van der Waals surface area (Å²) in [6, 6.07) is -0.298. The second-order valence-corrected chi connectivity index (χ2v) is 3.69. The molecule has 2 aliphatic heterocycles. The van der Waals surface area contributed by atoms with E-state index in [1.807, 2.05) is 0 Å². The lowest BCUT2D eigenvalue weighted by Crippen LogP contribution is -2.61. The zero-order chi connectivity index (χ0) is 8.93. The van der Waals surface area contributed by atoms with Crippen LogP contribution in [0, 0.1) is 0 Å². The van der Waals surface area contributed by atoms with Gasteiger partial charge in [0.15, 0.2) is 0 Å². The number of fused-ring (bicyclic) bond motifs is 2. The normalized spacial score (nSPS) is 59.0. The summed E-state index contributed by atoms with van der Waals surface area (Å²) in [6.45, 7) is 0. The fourth-order valence-electron chi connectivity index (χ4n) is 2.07. The molecule has 0 saturated carbocycles. The van der Waals surface area contributed by atoms with Gasteiger partial charge in [-0.15, -0.1) is 0 Å². The highest BCUT2D eigenvalue weighted by Gasteiger charge is 2.54. The van der Waals surface area contributed by atoms with Crippen LogP contribution in [0.15, 0.2) is 0 Å². The van der Waals surface area contributed by atoms with Gasteiger partial charge in [0.2, 0.25) is 0 Å². The molecule has 0 spiro atoms. The number of rotatable bonds is 0. The van der Waals surface area contributed by atoms with E-state index in [4.69, 9.17) is 0 Å². The van der Waals surface area contributed by atoms with Crippen molar-refractivity contribution in [3.63, 3.8) is 0 Å². The molecule has 5 nitrogen and oxygen atoms in total. The molecule has 5 N–H and O–H groups in total. The first-order valence-electron chi connectivity index (χ1n) is 4.07. The number of piperidine rings is 1. The molecule has 2 fully saturated rings. The van der Waals surface area contributed by atoms with Crippen LogP contribution in [-0.2, 0) is 0 Å². The van der Waals surface area contributed by atoms with E-state index in [0.717, 1.165) is 0 Å². The first kappa shape index (κ1) is 8.40. The standard InChI is InChI=1S/C7H13NO4/c9-4-1-3-5(10)2-7(12,8-3)6(4)11/h3-6,8-12H,1-2H2/t3-,4+,5+,6-,7+/m0/s1. The smallest absolute Gasteiger partial charge is 0.147 e. The number of hydrogen-bond acceptors (Lipinski definition) is 5. The van der Waals surface area contributed by atoms with E-state index in [9.17, 15) is 20.4 Å². The average Bonchev–Trinajstić information content (AvgIpc) is 2.22. The number of hydrogen-bond donors (Lipinski definition) is 5. The van der Waals surface area contributed by atoms with E-state index in [2.05, 4.69) is 5.32 Å². The highest BCUT2D eigenvalue weighted by molar-refractivity contribution is 5.07. The Morgan fingerprint density at radius 3 is 2.50 bits per heavy atom. The van der Waals surface area contributed by atoms with Crippen LogP contribution in [0.4, 0.5) is 0 Å². The Bertz CT molecular complexity index is 196. The minimum Gasteiger partial charge on any atom is -0.391 e. The van der Waals surface area contributed by atoms with Gasteiger partial charge in [-0.2, -0.15) is 0 Å². The van der Waals surface area contributed by atoms with Crippen LogP contribution >= 0.6 is 0 Å². The molecule has 12 heavy (non-hydrogen) atoms. The van der Waals surface area contributed by atoms with Crippen molar-refractivity contribution in [2.75, 3.05) is 0 Å².